The molecule has 1 aromatic heterocycles. The third-order valence-electron chi connectivity index (χ3n) is 2.72. The van der Waals surface area contributed by atoms with Crippen molar-refractivity contribution in [1.82, 2.24) is 4.98 Å². The number of aliphatic hydroxyl groups is 1. The number of pyridine rings is 1. The predicted molar refractivity (Wildman–Crippen MR) is 74.5 cm³/mol. The van der Waals surface area contributed by atoms with E-state index < -0.39 is 6.10 Å². The number of rotatable bonds is 4. The highest BCUT2D eigenvalue weighted by molar-refractivity contribution is 6.30. The van der Waals surface area contributed by atoms with Crippen molar-refractivity contribution in [3.63, 3.8) is 0 Å². The molecule has 19 heavy (non-hydrogen) atoms. The van der Waals surface area contributed by atoms with Crippen molar-refractivity contribution < 1.29 is 9.90 Å². The van der Waals surface area contributed by atoms with Gasteiger partial charge in [-0.25, -0.2) is 4.98 Å². The zero-order valence-corrected chi connectivity index (χ0v) is 11.4. The zero-order valence-electron chi connectivity index (χ0n) is 9.88. The fourth-order valence-corrected chi connectivity index (χ4v) is 2.21. The van der Waals surface area contributed by atoms with Crippen LogP contribution in [0.2, 0.25) is 10.2 Å². The van der Waals surface area contributed by atoms with E-state index in [2.05, 4.69) is 4.98 Å². The van der Waals surface area contributed by atoms with E-state index in [0.29, 0.717) is 27.0 Å². The van der Waals surface area contributed by atoms with Crippen molar-refractivity contribution in [1.29, 1.82) is 0 Å². The van der Waals surface area contributed by atoms with Crippen LogP contribution in [-0.4, -0.2) is 16.4 Å². The van der Waals surface area contributed by atoms with Crippen LogP contribution in [0, 0.1) is 0 Å². The van der Waals surface area contributed by atoms with Crippen molar-refractivity contribution >= 4 is 29.5 Å². The molecule has 0 fully saturated rings. The summed E-state index contributed by atoms with van der Waals surface area (Å²) in [5, 5.41) is 11.2. The second-order valence-electron chi connectivity index (χ2n) is 4.00. The maximum Gasteiger partial charge on any atom is 0.129 e. The van der Waals surface area contributed by atoms with Gasteiger partial charge in [0.15, 0.2) is 0 Å². The van der Waals surface area contributed by atoms with E-state index in [4.69, 9.17) is 23.2 Å². The first kappa shape index (κ1) is 14.0. The summed E-state index contributed by atoms with van der Waals surface area (Å²) in [5.74, 6) is 0. The van der Waals surface area contributed by atoms with Crippen molar-refractivity contribution in [3.05, 3.63) is 63.4 Å². The smallest absolute Gasteiger partial charge is 0.129 e. The number of carbonyl (C=O) groups is 1. The van der Waals surface area contributed by atoms with Crippen molar-refractivity contribution in [2.24, 2.45) is 0 Å². The highest BCUT2D eigenvalue weighted by Crippen LogP contribution is 2.27. The summed E-state index contributed by atoms with van der Waals surface area (Å²) >= 11 is 11.7. The van der Waals surface area contributed by atoms with Crippen molar-refractivity contribution in [2.45, 2.75) is 12.5 Å². The molecular formula is C14H11Cl2NO2. The largest absolute Gasteiger partial charge is 0.382 e. The number of aliphatic hydroxyl groups excluding tert-OH is 1. The lowest BCUT2D eigenvalue weighted by Gasteiger charge is -2.14. The van der Waals surface area contributed by atoms with E-state index in [1.54, 1.807) is 36.4 Å². The summed E-state index contributed by atoms with van der Waals surface area (Å²) in [6.45, 7) is 0. The number of aldehydes is 1. The Kier molecular flexibility index (Phi) is 4.53. The minimum Gasteiger partial charge on any atom is -0.382 e. The molecule has 0 radical (unpaired) electrons. The summed E-state index contributed by atoms with van der Waals surface area (Å²) in [6, 6.07) is 10.0. The molecule has 98 valence electrons. The first-order chi connectivity index (χ1) is 9.11. The molecule has 0 amide bonds. The predicted octanol–water partition coefficient (Wildman–Crippen LogP) is 3.21. The number of nitrogens with zero attached hydrogens (tertiary/aromatic N) is 1. The normalized spacial score (nSPS) is 12.2. The first-order valence-corrected chi connectivity index (χ1v) is 6.40. The van der Waals surface area contributed by atoms with Crippen LogP contribution in [0.3, 0.4) is 0 Å². The second kappa shape index (κ2) is 6.15. The molecule has 3 nitrogen and oxygen atoms in total. The van der Waals surface area contributed by atoms with Crippen LogP contribution < -0.4 is 0 Å². The van der Waals surface area contributed by atoms with Crippen molar-refractivity contribution in [2.75, 3.05) is 0 Å². The van der Waals surface area contributed by atoms with Crippen LogP contribution in [0.1, 0.15) is 22.9 Å². The van der Waals surface area contributed by atoms with Gasteiger partial charge in [-0.3, -0.25) is 0 Å². The quantitative estimate of drug-likeness (QED) is 0.696. The topological polar surface area (TPSA) is 50.2 Å². The summed E-state index contributed by atoms with van der Waals surface area (Å²) in [7, 11) is 0. The van der Waals surface area contributed by atoms with E-state index in [9.17, 15) is 9.90 Å². The average Bonchev–Trinajstić information content (AvgIpc) is 2.39. The third-order valence-corrected chi connectivity index (χ3v) is 3.17. The average molecular weight is 296 g/mol. The summed E-state index contributed by atoms with van der Waals surface area (Å²) < 4.78 is 0. The molecule has 1 aromatic carbocycles. The highest BCUT2D eigenvalue weighted by atomic mass is 35.5. The van der Waals surface area contributed by atoms with Crippen LogP contribution in [0.5, 0.6) is 0 Å². The molecule has 0 spiro atoms. The number of halogens is 2. The van der Waals surface area contributed by atoms with E-state index >= 15 is 0 Å². The van der Waals surface area contributed by atoms with Crippen LogP contribution in [0.15, 0.2) is 36.4 Å². The van der Waals surface area contributed by atoms with Gasteiger partial charge in [0.05, 0.1) is 5.69 Å². The van der Waals surface area contributed by atoms with Crippen LogP contribution >= 0.6 is 23.2 Å². The Labute approximate surface area is 120 Å². The molecule has 1 N–H and O–H groups in total. The molecule has 0 bridgehead atoms. The fraction of sp³-hybridized carbons (Fsp3) is 0.143. The SMILES string of the molecule is O=CCc1cc(Cl)ccc1C(O)c1cccc(Cl)n1. The third kappa shape index (κ3) is 3.32. The minimum absolute atomic E-state index is 0.188. The van der Waals surface area contributed by atoms with Gasteiger partial charge in [0, 0.05) is 11.4 Å². The lowest BCUT2D eigenvalue weighted by atomic mass is 9.98. The fourth-order valence-electron chi connectivity index (χ4n) is 1.84. The Morgan fingerprint density at radius 3 is 2.74 bits per heavy atom. The lowest BCUT2D eigenvalue weighted by molar-refractivity contribution is -0.107. The molecule has 1 heterocycles. The standard InChI is InChI=1S/C14H11Cl2NO2/c15-10-4-5-11(9(8-10)6-7-18)14(19)12-2-1-3-13(16)17-12/h1-5,7-8,14,19H,6H2. The molecule has 1 unspecified atom stereocenters. The Hall–Kier alpha value is -1.42. The molecule has 0 aliphatic heterocycles. The maximum atomic E-state index is 10.7. The molecule has 0 saturated carbocycles. The van der Waals surface area contributed by atoms with Gasteiger partial charge in [0.2, 0.25) is 0 Å². The van der Waals surface area contributed by atoms with Gasteiger partial charge in [-0.15, -0.1) is 0 Å². The molecule has 0 saturated heterocycles. The number of hydrogen-bond acceptors (Lipinski definition) is 3. The van der Waals surface area contributed by atoms with E-state index in [0.717, 1.165) is 6.29 Å². The molecule has 5 heteroatoms. The zero-order chi connectivity index (χ0) is 13.8. The highest BCUT2D eigenvalue weighted by Gasteiger charge is 2.16. The van der Waals surface area contributed by atoms with Gasteiger partial charge in [-0.2, -0.15) is 0 Å². The van der Waals surface area contributed by atoms with E-state index in [1.165, 1.54) is 0 Å². The second-order valence-corrected chi connectivity index (χ2v) is 4.83. The molecule has 0 aliphatic carbocycles. The maximum absolute atomic E-state index is 10.7. The summed E-state index contributed by atoms with van der Waals surface area (Å²) in [4.78, 5) is 14.8. The molecule has 2 aromatic rings. The van der Waals surface area contributed by atoms with Gasteiger partial charge >= 0.3 is 0 Å². The van der Waals surface area contributed by atoms with Gasteiger partial charge in [-0.1, -0.05) is 35.3 Å². The summed E-state index contributed by atoms with van der Waals surface area (Å²) in [5.41, 5.74) is 1.71. The Morgan fingerprint density at radius 2 is 2.05 bits per heavy atom. The Balaban J connectivity index is 2.43. The molecule has 1 atom stereocenters. The van der Waals surface area contributed by atoms with Crippen LogP contribution in [0.25, 0.3) is 0 Å². The number of aromatic nitrogens is 1. The van der Waals surface area contributed by atoms with Gasteiger partial charge < -0.3 is 9.90 Å². The summed E-state index contributed by atoms with van der Waals surface area (Å²) in [6.07, 6.45) is 0.0202. The Morgan fingerprint density at radius 1 is 1.26 bits per heavy atom. The van der Waals surface area contributed by atoms with Crippen LogP contribution in [0.4, 0.5) is 0 Å². The van der Waals surface area contributed by atoms with Gasteiger partial charge in [0.25, 0.3) is 0 Å². The number of benzene rings is 1. The van der Waals surface area contributed by atoms with Crippen LogP contribution in [-0.2, 0) is 11.2 Å². The monoisotopic (exact) mass is 295 g/mol. The first-order valence-electron chi connectivity index (χ1n) is 5.64. The van der Waals surface area contributed by atoms with Gasteiger partial charge in [-0.05, 0) is 35.4 Å². The Bertz CT molecular complexity index is 602. The molecule has 0 aliphatic rings. The van der Waals surface area contributed by atoms with Crippen molar-refractivity contribution in [3.8, 4) is 0 Å². The number of carbonyl (C=O) groups excluding carboxylic acids is 1. The number of hydrogen-bond donors (Lipinski definition) is 1. The van der Waals surface area contributed by atoms with E-state index in [1.807, 2.05) is 0 Å². The lowest BCUT2D eigenvalue weighted by Crippen LogP contribution is -2.06. The van der Waals surface area contributed by atoms with Gasteiger partial charge in [0.1, 0.15) is 17.5 Å². The molecular weight excluding hydrogens is 285 g/mol. The minimum atomic E-state index is -0.939. The molecule has 2 rings (SSSR count). The van der Waals surface area contributed by atoms with E-state index in [-0.39, 0.29) is 6.42 Å².